The van der Waals surface area contributed by atoms with Gasteiger partial charge >= 0.3 is 6.03 Å². The fourth-order valence-corrected chi connectivity index (χ4v) is 1.97. The molecule has 18 heavy (non-hydrogen) atoms. The quantitative estimate of drug-likeness (QED) is 0.720. The molecular formula is C13H20N2O2S. The Kier molecular flexibility index (Phi) is 5.50. The highest BCUT2D eigenvalue weighted by Crippen LogP contribution is 2.24. The van der Waals surface area contributed by atoms with Gasteiger partial charge in [0.15, 0.2) is 0 Å². The number of carbonyl (C=O) groups excluding carboxylic acids is 1. The molecule has 0 saturated carbocycles. The summed E-state index contributed by atoms with van der Waals surface area (Å²) in [4.78, 5) is 12.9. The molecule has 1 rings (SSSR count). The van der Waals surface area contributed by atoms with E-state index in [1.54, 1.807) is 11.8 Å². The summed E-state index contributed by atoms with van der Waals surface area (Å²) in [6, 6.07) is 7.31. The molecular weight excluding hydrogens is 248 g/mol. The molecule has 0 bridgehead atoms. The van der Waals surface area contributed by atoms with Crippen LogP contribution >= 0.6 is 11.8 Å². The molecule has 4 nitrogen and oxygen atoms in total. The number of urea groups is 1. The summed E-state index contributed by atoms with van der Waals surface area (Å²) in [6.45, 7) is 3.65. The van der Waals surface area contributed by atoms with E-state index in [2.05, 4.69) is 10.6 Å². The van der Waals surface area contributed by atoms with Crippen molar-refractivity contribution in [2.45, 2.75) is 30.7 Å². The number of carbonyl (C=O) groups is 1. The van der Waals surface area contributed by atoms with Crippen LogP contribution in [0.1, 0.15) is 20.3 Å². The summed E-state index contributed by atoms with van der Waals surface area (Å²) in [5.41, 5.74) is 0.192. The molecule has 0 aliphatic heterocycles. The van der Waals surface area contributed by atoms with Crippen molar-refractivity contribution in [3.63, 3.8) is 0 Å². The maximum absolute atomic E-state index is 11.9. The van der Waals surface area contributed by atoms with Gasteiger partial charge in [0, 0.05) is 4.90 Å². The lowest BCUT2D eigenvalue weighted by molar-refractivity contribution is 0.172. The fraction of sp³-hybridized carbons (Fsp3) is 0.462. The van der Waals surface area contributed by atoms with Crippen LogP contribution < -0.4 is 10.6 Å². The maximum Gasteiger partial charge on any atom is 0.319 e. The second kappa shape index (κ2) is 6.66. The van der Waals surface area contributed by atoms with Crippen molar-refractivity contribution < 1.29 is 9.90 Å². The molecule has 0 fully saturated rings. The molecule has 0 radical (unpaired) electrons. The highest BCUT2D eigenvalue weighted by molar-refractivity contribution is 7.98. The average molecular weight is 268 g/mol. The van der Waals surface area contributed by atoms with Gasteiger partial charge in [0.1, 0.15) is 0 Å². The van der Waals surface area contributed by atoms with E-state index in [0.717, 1.165) is 10.6 Å². The second-order valence-corrected chi connectivity index (χ2v) is 5.20. The Morgan fingerprint density at radius 2 is 2.11 bits per heavy atom. The van der Waals surface area contributed by atoms with Crippen molar-refractivity contribution in [2.24, 2.45) is 0 Å². The Labute approximate surface area is 112 Å². The molecule has 1 unspecified atom stereocenters. The van der Waals surface area contributed by atoms with Gasteiger partial charge in [-0.15, -0.1) is 11.8 Å². The molecule has 100 valence electrons. The zero-order chi connectivity index (χ0) is 13.6. The largest absolute Gasteiger partial charge is 0.394 e. The van der Waals surface area contributed by atoms with Crippen LogP contribution in [-0.4, -0.2) is 29.5 Å². The van der Waals surface area contributed by atoms with Gasteiger partial charge in [-0.3, -0.25) is 0 Å². The molecule has 5 heteroatoms. The third-order valence-corrected chi connectivity index (χ3v) is 3.70. The van der Waals surface area contributed by atoms with Gasteiger partial charge in [-0.05, 0) is 31.7 Å². The molecule has 0 heterocycles. The van der Waals surface area contributed by atoms with Gasteiger partial charge in [0.05, 0.1) is 17.8 Å². The van der Waals surface area contributed by atoms with Gasteiger partial charge in [0.2, 0.25) is 0 Å². The minimum Gasteiger partial charge on any atom is -0.394 e. The predicted octanol–water partition coefficient (Wildman–Crippen LogP) is 2.69. The van der Waals surface area contributed by atoms with E-state index in [0.29, 0.717) is 6.42 Å². The van der Waals surface area contributed by atoms with Crippen LogP contribution in [0.4, 0.5) is 10.5 Å². The topological polar surface area (TPSA) is 61.4 Å². The third kappa shape index (κ3) is 3.92. The lowest BCUT2D eigenvalue weighted by Crippen LogP contribution is -2.50. The number of thioether (sulfide) groups is 1. The van der Waals surface area contributed by atoms with E-state index in [1.807, 2.05) is 44.4 Å². The van der Waals surface area contributed by atoms with E-state index in [-0.39, 0.29) is 12.6 Å². The Balaban J connectivity index is 2.70. The molecule has 0 aliphatic carbocycles. The molecule has 0 spiro atoms. The SMILES string of the molecule is CCC(C)(CO)NC(=O)Nc1ccccc1SC. The van der Waals surface area contributed by atoms with Gasteiger partial charge in [0.25, 0.3) is 0 Å². The number of anilines is 1. The number of benzene rings is 1. The Hall–Kier alpha value is -1.20. The Morgan fingerprint density at radius 3 is 2.67 bits per heavy atom. The summed E-state index contributed by atoms with van der Waals surface area (Å²) in [7, 11) is 0. The van der Waals surface area contributed by atoms with Crippen LogP contribution in [0.15, 0.2) is 29.2 Å². The van der Waals surface area contributed by atoms with Crippen molar-refractivity contribution in [2.75, 3.05) is 18.2 Å². The van der Waals surface area contributed by atoms with Crippen LogP contribution in [0.3, 0.4) is 0 Å². The number of nitrogens with one attached hydrogen (secondary N) is 2. The highest BCUT2D eigenvalue weighted by Gasteiger charge is 2.23. The van der Waals surface area contributed by atoms with Crippen LogP contribution in [0.2, 0.25) is 0 Å². The van der Waals surface area contributed by atoms with Crippen molar-refractivity contribution in [3.05, 3.63) is 24.3 Å². The lowest BCUT2D eigenvalue weighted by Gasteiger charge is -2.27. The normalized spacial score (nSPS) is 13.8. The first-order chi connectivity index (χ1) is 8.54. The fourth-order valence-electron chi connectivity index (χ4n) is 1.42. The zero-order valence-corrected chi connectivity index (χ0v) is 11.8. The number of amides is 2. The first-order valence-electron chi connectivity index (χ1n) is 5.87. The van der Waals surface area contributed by atoms with E-state index >= 15 is 0 Å². The minimum atomic E-state index is -0.585. The van der Waals surface area contributed by atoms with Crippen molar-refractivity contribution in [1.29, 1.82) is 0 Å². The van der Waals surface area contributed by atoms with Gasteiger partial charge in [-0.2, -0.15) is 0 Å². The number of rotatable bonds is 5. The van der Waals surface area contributed by atoms with Crippen LogP contribution in [-0.2, 0) is 0 Å². The summed E-state index contributed by atoms with van der Waals surface area (Å²) in [5, 5.41) is 14.8. The smallest absolute Gasteiger partial charge is 0.319 e. The third-order valence-electron chi connectivity index (χ3n) is 2.90. The van der Waals surface area contributed by atoms with Crippen molar-refractivity contribution >= 4 is 23.5 Å². The maximum atomic E-state index is 11.9. The average Bonchev–Trinajstić information content (AvgIpc) is 2.39. The number of hydrogen-bond acceptors (Lipinski definition) is 3. The first kappa shape index (κ1) is 14.9. The number of aliphatic hydroxyl groups excluding tert-OH is 1. The summed E-state index contributed by atoms with van der Waals surface area (Å²) < 4.78 is 0. The second-order valence-electron chi connectivity index (χ2n) is 4.35. The van der Waals surface area contributed by atoms with Crippen LogP contribution in [0.5, 0.6) is 0 Å². The van der Waals surface area contributed by atoms with Gasteiger partial charge < -0.3 is 15.7 Å². The Bertz CT molecular complexity index is 406. The molecule has 0 aromatic heterocycles. The Morgan fingerprint density at radius 1 is 1.44 bits per heavy atom. The van der Waals surface area contributed by atoms with E-state index in [9.17, 15) is 9.90 Å². The zero-order valence-electron chi connectivity index (χ0n) is 11.0. The van der Waals surface area contributed by atoms with Crippen molar-refractivity contribution in [3.8, 4) is 0 Å². The van der Waals surface area contributed by atoms with Gasteiger partial charge in [-0.1, -0.05) is 19.1 Å². The summed E-state index contributed by atoms with van der Waals surface area (Å²) in [6.07, 6.45) is 2.63. The standard InChI is InChI=1S/C13H20N2O2S/c1-4-13(2,9-16)15-12(17)14-10-7-5-6-8-11(10)18-3/h5-8,16H,4,9H2,1-3H3,(H2,14,15,17). The molecule has 1 atom stereocenters. The van der Waals surface area contributed by atoms with Crippen LogP contribution in [0.25, 0.3) is 0 Å². The minimum absolute atomic E-state index is 0.0822. The molecule has 1 aromatic rings. The molecule has 1 aromatic carbocycles. The van der Waals surface area contributed by atoms with Gasteiger partial charge in [-0.25, -0.2) is 4.79 Å². The molecule has 0 aliphatic rings. The highest BCUT2D eigenvalue weighted by atomic mass is 32.2. The monoisotopic (exact) mass is 268 g/mol. The van der Waals surface area contributed by atoms with Crippen molar-refractivity contribution in [1.82, 2.24) is 5.32 Å². The van der Waals surface area contributed by atoms with E-state index in [4.69, 9.17) is 0 Å². The van der Waals surface area contributed by atoms with Crippen LogP contribution in [0, 0.1) is 0 Å². The lowest BCUT2D eigenvalue weighted by atomic mass is 10.0. The summed E-state index contributed by atoms with van der Waals surface area (Å²) in [5.74, 6) is 0. The molecule has 0 saturated heterocycles. The predicted molar refractivity (Wildman–Crippen MR) is 76.2 cm³/mol. The summed E-state index contributed by atoms with van der Waals surface area (Å²) >= 11 is 1.58. The molecule has 3 N–H and O–H groups in total. The molecule has 2 amide bonds. The number of para-hydroxylation sites is 1. The van der Waals surface area contributed by atoms with E-state index < -0.39 is 5.54 Å². The number of aliphatic hydroxyl groups is 1. The first-order valence-corrected chi connectivity index (χ1v) is 7.10. The number of hydrogen-bond donors (Lipinski definition) is 3. The van der Waals surface area contributed by atoms with E-state index in [1.165, 1.54) is 0 Å².